The van der Waals surface area contributed by atoms with Crippen molar-refractivity contribution in [1.82, 2.24) is 10.6 Å². The first-order valence-corrected chi connectivity index (χ1v) is 9.23. The van der Waals surface area contributed by atoms with Gasteiger partial charge in [0.05, 0.1) is 6.04 Å². The fourth-order valence-corrected chi connectivity index (χ4v) is 3.10. The third-order valence-electron chi connectivity index (χ3n) is 4.45. The van der Waals surface area contributed by atoms with E-state index in [-0.39, 0.29) is 17.9 Å². The van der Waals surface area contributed by atoms with Crippen molar-refractivity contribution in [3.8, 4) is 11.5 Å². The van der Waals surface area contributed by atoms with Gasteiger partial charge in [-0.3, -0.25) is 9.59 Å². The molecule has 0 aliphatic carbocycles. The second-order valence-electron chi connectivity index (χ2n) is 6.59. The number of carbonyl (C=O) groups is 2. The lowest BCUT2D eigenvalue weighted by Gasteiger charge is -2.18. The highest BCUT2D eigenvalue weighted by molar-refractivity contribution is 5.96. The quantitative estimate of drug-likeness (QED) is 0.704. The van der Waals surface area contributed by atoms with Gasteiger partial charge >= 0.3 is 0 Å². The van der Waals surface area contributed by atoms with Gasteiger partial charge in [0.1, 0.15) is 11.5 Å². The molecule has 1 fully saturated rings. The second-order valence-corrected chi connectivity index (χ2v) is 6.59. The van der Waals surface area contributed by atoms with Crippen molar-refractivity contribution in [2.24, 2.45) is 0 Å². The predicted molar refractivity (Wildman–Crippen MR) is 105 cm³/mol. The topological polar surface area (TPSA) is 70.7 Å². The van der Waals surface area contributed by atoms with Gasteiger partial charge in [-0.25, -0.2) is 0 Å². The van der Waals surface area contributed by atoms with Crippen LogP contribution >= 0.6 is 0 Å². The molecule has 0 saturated carbocycles. The van der Waals surface area contributed by atoms with Crippen LogP contribution in [0.25, 0.3) is 0 Å². The molecule has 2 N–H and O–H groups in total. The van der Waals surface area contributed by atoms with E-state index in [1.807, 2.05) is 61.6 Å². The molecule has 0 aromatic heterocycles. The Morgan fingerprint density at radius 1 is 1.11 bits per heavy atom. The van der Waals surface area contributed by atoms with E-state index in [0.29, 0.717) is 25.1 Å². The molecule has 6 nitrogen and oxygen atoms in total. The summed E-state index contributed by atoms with van der Waals surface area (Å²) in [7, 11) is 1.86. The summed E-state index contributed by atoms with van der Waals surface area (Å²) in [5, 5.41) is 5.98. The monoisotopic (exact) mass is 367 g/mol. The van der Waals surface area contributed by atoms with E-state index in [2.05, 4.69) is 10.6 Å². The number of nitrogens with one attached hydrogen (secondary N) is 2. The molecular weight excluding hydrogens is 342 g/mol. The standard InChI is InChI=1S/C21H25N3O3/c1-22-13-5-8-20(25)23-16-14-21(26)24(15-16)17-9-11-19(12-10-17)27-18-6-3-2-4-7-18/h2-4,6-7,9-12,16,22H,5,8,13-15H2,1H3,(H,23,25). The van der Waals surface area contributed by atoms with Gasteiger partial charge in [0, 0.05) is 25.1 Å². The third kappa shape index (κ3) is 5.31. The second kappa shape index (κ2) is 9.19. The predicted octanol–water partition coefficient (Wildman–Crippen LogP) is 2.70. The van der Waals surface area contributed by atoms with Gasteiger partial charge in [-0.05, 0) is 56.4 Å². The zero-order valence-electron chi connectivity index (χ0n) is 15.5. The Labute approximate surface area is 159 Å². The molecule has 0 spiro atoms. The highest BCUT2D eigenvalue weighted by Crippen LogP contribution is 2.26. The van der Waals surface area contributed by atoms with Crippen molar-refractivity contribution in [3.63, 3.8) is 0 Å². The number of ether oxygens (including phenoxy) is 1. The highest BCUT2D eigenvalue weighted by Gasteiger charge is 2.31. The van der Waals surface area contributed by atoms with Crippen molar-refractivity contribution in [1.29, 1.82) is 0 Å². The molecule has 3 rings (SSSR count). The van der Waals surface area contributed by atoms with Crippen molar-refractivity contribution in [2.45, 2.75) is 25.3 Å². The summed E-state index contributed by atoms with van der Waals surface area (Å²) in [4.78, 5) is 26.0. The number of hydrogen-bond acceptors (Lipinski definition) is 4. The van der Waals surface area contributed by atoms with Crippen LogP contribution in [0.4, 0.5) is 5.69 Å². The lowest BCUT2D eigenvalue weighted by atomic mass is 10.2. The number of amides is 2. The average molecular weight is 367 g/mol. The Morgan fingerprint density at radius 2 is 1.81 bits per heavy atom. The normalized spacial score (nSPS) is 16.4. The fourth-order valence-electron chi connectivity index (χ4n) is 3.10. The van der Waals surface area contributed by atoms with Crippen LogP contribution in [0.1, 0.15) is 19.3 Å². The number of anilines is 1. The molecular formula is C21H25N3O3. The molecule has 2 aromatic rings. The molecule has 1 saturated heterocycles. The first kappa shape index (κ1) is 18.9. The summed E-state index contributed by atoms with van der Waals surface area (Å²) in [6.07, 6.45) is 1.59. The van der Waals surface area contributed by atoms with E-state index in [4.69, 9.17) is 4.74 Å². The Balaban J connectivity index is 1.55. The Morgan fingerprint density at radius 3 is 2.52 bits per heavy atom. The van der Waals surface area contributed by atoms with Crippen LogP contribution in [0.3, 0.4) is 0 Å². The smallest absolute Gasteiger partial charge is 0.229 e. The van der Waals surface area contributed by atoms with Gasteiger partial charge in [0.2, 0.25) is 11.8 Å². The first-order chi connectivity index (χ1) is 13.2. The van der Waals surface area contributed by atoms with Gasteiger partial charge in [0.15, 0.2) is 0 Å². The van der Waals surface area contributed by atoms with E-state index in [1.165, 1.54) is 0 Å². The molecule has 2 aromatic carbocycles. The van der Waals surface area contributed by atoms with Gasteiger partial charge in [0.25, 0.3) is 0 Å². The van der Waals surface area contributed by atoms with Crippen molar-refractivity contribution < 1.29 is 14.3 Å². The minimum atomic E-state index is -0.139. The molecule has 6 heteroatoms. The number of hydrogen-bond donors (Lipinski definition) is 2. The van der Waals surface area contributed by atoms with E-state index in [0.717, 1.165) is 24.4 Å². The maximum Gasteiger partial charge on any atom is 0.229 e. The van der Waals surface area contributed by atoms with Crippen LogP contribution in [0.15, 0.2) is 54.6 Å². The largest absolute Gasteiger partial charge is 0.457 e. The minimum Gasteiger partial charge on any atom is -0.457 e. The Bertz CT molecular complexity index is 762. The zero-order valence-corrected chi connectivity index (χ0v) is 15.5. The number of para-hydroxylation sites is 1. The van der Waals surface area contributed by atoms with Crippen LogP contribution in [0.5, 0.6) is 11.5 Å². The summed E-state index contributed by atoms with van der Waals surface area (Å²) in [6, 6.07) is 16.8. The number of carbonyl (C=O) groups excluding carboxylic acids is 2. The molecule has 1 aliphatic rings. The van der Waals surface area contributed by atoms with Gasteiger partial charge in [-0.1, -0.05) is 18.2 Å². The summed E-state index contributed by atoms with van der Waals surface area (Å²) >= 11 is 0. The lowest BCUT2D eigenvalue weighted by Crippen LogP contribution is -2.37. The summed E-state index contributed by atoms with van der Waals surface area (Å²) in [5.41, 5.74) is 0.812. The third-order valence-corrected chi connectivity index (χ3v) is 4.45. The maximum atomic E-state index is 12.3. The first-order valence-electron chi connectivity index (χ1n) is 9.23. The van der Waals surface area contributed by atoms with Crippen molar-refractivity contribution in [3.05, 3.63) is 54.6 Å². The molecule has 0 bridgehead atoms. The Kier molecular flexibility index (Phi) is 6.44. The van der Waals surface area contributed by atoms with Gasteiger partial charge in [-0.2, -0.15) is 0 Å². The molecule has 1 unspecified atom stereocenters. The molecule has 1 atom stereocenters. The highest BCUT2D eigenvalue weighted by atomic mass is 16.5. The number of nitrogens with zero attached hydrogens (tertiary/aromatic N) is 1. The molecule has 27 heavy (non-hydrogen) atoms. The van der Waals surface area contributed by atoms with E-state index in [1.54, 1.807) is 4.90 Å². The lowest BCUT2D eigenvalue weighted by molar-refractivity contribution is -0.121. The van der Waals surface area contributed by atoms with E-state index >= 15 is 0 Å². The number of benzene rings is 2. The van der Waals surface area contributed by atoms with Crippen LogP contribution in [-0.2, 0) is 9.59 Å². The van der Waals surface area contributed by atoms with Gasteiger partial charge < -0.3 is 20.3 Å². The fraction of sp³-hybridized carbons (Fsp3) is 0.333. The minimum absolute atomic E-state index is 0.00323. The average Bonchev–Trinajstić information content (AvgIpc) is 3.03. The van der Waals surface area contributed by atoms with Crippen LogP contribution in [0.2, 0.25) is 0 Å². The van der Waals surface area contributed by atoms with Crippen LogP contribution in [-0.4, -0.2) is 38.0 Å². The van der Waals surface area contributed by atoms with E-state index in [9.17, 15) is 9.59 Å². The van der Waals surface area contributed by atoms with Crippen molar-refractivity contribution >= 4 is 17.5 Å². The van der Waals surface area contributed by atoms with E-state index < -0.39 is 0 Å². The zero-order chi connectivity index (χ0) is 19.1. The summed E-state index contributed by atoms with van der Waals surface area (Å²) < 4.78 is 5.78. The maximum absolute atomic E-state index is 12.3. The Hall–Kier alpha value is -2.86. The van der Waals surface area contributed by atoms with Crippen molar-refractivity contribution in [2.75, 3.05) is 25.0 Å². The van der Waals surface area contributed by atoms with Gasteiger partial charge in [-0.15, -0.1) is 0 Å². The summed E-state index contributed by atoms with van der Waals surface area (Å²) in [6.45, 7) is 1.30. The summed E-state index contributed by atoms with van der Waals surface area (Å²) in [5.74, 6) is 1.50. The number of rotatable bonds is 8. The van der Waals surface area contributed by atoms with Crippen LogP contribution < -0.4 is 20.3 Å². The molecule has 1 heterocycles. The molecule has 0 radical (unpaired) electrons. The molecule has 2 amide bonds. The molecule has 1 aliphatic heterocycles. The SMILES string of the molecule is CNCCCC(=O)NC1CC(=O)N(c2ccc(Oc3ccccc3)cc2)C1. The van der Waals surface area contributed by atoms with Crippen LogP contribution in [0, 0.1) is 0 Å². The molecule has 142 valence electrons.